The number of ether oxygens (including phenoxy) is 3. The molecule has 2 N–H and O–H groups in total. The van der Waals surface area contributed by atoms with E-state index in [0.29, 0.717) is 45.0 Å². The van der Waals surface area contributed by atoms with Crippen molar-refractivity contribution in [3.05, 3.63) is 23.8 Å². The van der Waals surface area contributed by atoms with Crippen LogP contribution in [0.3, 0.4) is 0 Å². The zero-order valence-corrected chi connectivity index (χ0v) is 18.1. The molecule has 3 aliphatic heterocycles. The standard InChI is InChI=1S/C22H31N3O6/c1-24(2)12-20(27)23-14-3-4-18-16(9-14)17-10-15(30-19(13-26)22(17)31-18)11-21(28)25-5-7-29-8-6-25/h3-4,9,15,17,19,22,26H,5-8,10-13H2,1-2H3,(H,23,27)/t15-,17+,19-,22-/m0/s1. The summed E-state index contributed by atoms with van der Waals surface area (Å²) in [5.74, 6) is 0.693. The van der Waals surface area contributed by atoms with Gasteiger partial charge in [0.15, 0.2) is 0 Å². The van der Waals surface area contributed by atoms with E-state index in [0.717, 1.165) is 11.3 Å². The zero-order chi connectivity index (χ0) is 22.0. The lowest BCUT2D eigenvalue weighted by molar-refractivity contribution is -0.151. The minimum Gasteiger partial charge on any atom is -0.487 e. The molecule has 4 atom stereocenters. The number of morpholine rings is 1. The molecule has 0 unspecified atom stereocenters. The van der Waals surface area contributed by atoms with Gasteiger partial charge in [-0.1, -0.05) is 0 Å². The predicted molar refractivity (Wildman–Crippen MR) is 113 cm³/mol. The summed E-state index contributed by atoms with van der Waals surface area (Å²) in [6, 6.07) is 5.60. The highest BCUT2D eigenvalue weighted by Crippen LogP contribution is 2.47. The van der Waals surface area contributed by atoms with Crippen molar-refractivity contribution in [2.45, 2.75) is 37.1 Å². The Bertz CT molecular complexity index is 810. The normalized spacial score (nSPS) is 27.4. The first-order valence-electron chi connectivity index (χ1n) is 10.8. The summed E-state index contributed by atoms with van der Waals surface area (Å²) in [4.78, 5) is 28.5. The van der Waals surface area contributed by atoms with Gasteiger partial charge < -0.3 is 34.4 Å². The number of likely N-dealkylation sites (N-methyl/N-ethyl adjacent to an activating group) is 1. The SMILES string of the molecule is CN(C)CC(=O)Nc1ccc2c(c1)[C@H]1C[C@@H](CC(=O)N3CCOCC3)O[C@@H](CO)[C@H]1O2. The maximum absolute atomic E-state index is 12.7. The van der Waals surface area contributed by atoms with Crippen molar-refractivity contribution in [3.8, 4) is 5.75 Å². The Kier molecular flexibility index (Phi) is 6.76. The van der Waals surface area contributed by atoms with E-state index < -0.39 is 6.10 Å². The summed E-state index contributed by atoms with van der Waals surface area (Å²) in [6.07, 6.45) is -0.202. The minimum absolute atomic E-state index is 0.00547. The molecule has 9 heteroatoms. The third kappa shape index (κ3) is 5.01. The minimum atomic E-state index is -0.500. The van der Waals surface area contributed by atoms with Crippen molar-refractivity contribution in [1.82, 2.24) is 9.80 Å². The summed E-state index contributed by atoms with van der Waals surface area (Å²) in [6.45, 7) is 2.44. The zero-order valence-electron chi connectivity index (χ0n) is 18.1. The van der Waals surface area contributed by atoms with E-state index in [4.69, 9.17) is 14.2 Å². The molecule has 0 bridgehead atoms. The van der Waals surface area contributed by atoms with Gasteiger partial charge in [0.2, 0.25) is 11.8 Å². The number of hydrogen-bond donors (Lipinski definition) is 2. The van der Waals surface area contributed by atoms with Crippen LogP contribution in [0.2, 0.25) is 0 Å². The first-order chi connectivity index (χ1) is 14.9. The number of hydrogen-bond acceptors (Lipinski definition) is 7. The van der Waals surface area contributed by atoms with Crippen molar-refractivity contribution >= 4 is 17.5 Å². The number of nitrogens with one attached hydrogen (secondary N) is 1. The lowest BCUT2D eigenvalue weighted by Crippen LogP contribution is -2.48. The molecule has 0 aliphatic carbocycles. The molecule has 1 aromatic rings. The molecule has 4 rings (SSSR count). The number of anilines is 1. The smallest absolute Gasteiger partial charge is 0.238 e. The van der Waals surface area contributed by atoms with Crippen molar-refractivity contribution in [1.29, 1.82) is 0 Å². The molecule has 0 aromatic heterocycles. The molecule has 0 spiro atoms. The lowest BCUT2D eigenvalue weighted by Gasteiger charge is -2.38. The van der Waals surface area contributed by atoms with E-state index in [9.17, 15) is 14.7 Å². The lowest BCUT2D eigenvalue weighted by atomic mass is 9.84. The third-order valence-corrected chi connectivity index (χ3v) is 6.01. The van der Waals surface area contributed by atoms with Gasteiger partial charge in [-0.15, -0.1) is 0 Å². The average molecular weight is 434 g/mol. The quantitative estimate of drug-likeness (QED) is 0.671. The molecule has 1 aromatic carbocycles. The van der Waals surface area contributed by atoms with Gasteiger partial charge in [-0.3, -0.25) is 9.59 Å². The van der Waals surface area contributed by atoms with Crippen molar-refractivity contribution in [2.75, 3.05) is 58.9 Å². The number of rotatable bonds is 6. The Morgan fingerprint density at radius 2 is 2.03 bits per heavy atom. The molecule has 170 valence electrons. The first kappa shape index (κ1) is 22.0. The highest BCUT2D eigenvalue weighted by molar-refractivity contribution is 5.92. The topological polar surface area (TPSA) is 101 Å². The van der Waals surface area contributed by atoms with Crippen LogP contribution in [0, 0.1) is 0 Å². The molecule has 31 heavy (non-hydrogen) atoms. The summed E-state index contributed by atoms with van der Waals surface area (Å²) < 4.78 is 17.5. The van der Waals surface area contributed by atoms with Crippen LogP contribution in [-0.2, 0) is 19.1 Å². The number of aliphatic hydroxyl groups is 1. The molecular formula is C22H31N3O6. The second-order valence-corrected chi connectivity index (χ2v) is 8.64. The number of carbonyl (C=O) groups excluding carboxylic acids is 2. The summed E-state index contributed by atoms with van der Waals surface area (Å²) >= 11 is 0. The van der Waals surface area contributed by atoms with Gasteiger partial charge in [-0.25, -0.2) is 0 Å². The molecule has 9 nitrogen and oxygen atoms in total. The first-order valence-corrected chi connectivity index (χ1v) is 10.8. The Hall–Kier alpha value is -2.20. The van der Waals surface area contributed by atoms with Gasteiger partial charge in [-0.05, 0) is 38.7 Å². The number of fused-ring (bicyclic) bond motifs is 3. The van der Waals surface area contributed by atoms with Gasteiger partial charge in [0.25, 0.3) is 0 Å². The Morgan fingerprint density at radius 1 is 1.26 bits per heavy atom. The van der Waals surface area contributed by atoms with E-state index in [2.05, 4.69) is 5.32 Å². The molecule has 2 amide bonds. The molecule has 0 saturated carbocycles. The molecule has 0 radical (unpaired) electrons. The van der Waals surface area contributed by atoms with Crippen molar-refractivity contribution < 1.29 is 28.9 Å². The monoisotopic (exact) mass is 433 g/mol. The predicted octanol–water partition coefficient (Wildman–Crippen LogP) is 0.430. The number of aliphatic hydroxyl groups excluding tert-OH is 1. The van der Waals surface area contributed by atoms with Crippen LogP contribution < -0.4 is 10.1 Å². The van der Waals surface area contributed by atoms with E-state index in [1.165, 1.54) is 0 Å². The maximum Gasteiger partial charge on any atom is 0.238 e. The maximum atomic E-state index is 12.7. The molecule has 2 saturated heterocycles. The van der Waals surface area contributed by atoms with Crippen LogP contribution >= 0.6 is 0 Å². The summed E-state index contributed by atoms with van der Waals surface area (Å²) in [7, 11) is 3.69. The fraction of sp³-hybridized carbons (Fsp3) is 0.636. The average Bonchev–Trinajstić information content (AvgIpc) is 3.11. The molecular weight excluding hydrogens is 402 g/mol. The van der Waals surface area contributed by atoms with Crippen LogP contribution in [0.1, 0.15) is 24.3 Å². The molecule has 3 aliphatic rings. The van der Waals surface area contributed by atoms with Crippen LogP contribution in [0.4, 0.5) is 5.69 Å². The van der Waals surface area contributed by atoms with E-state index in [1.54, 1.807) is 0 Å². The fourth-order valence-electron chi connectivity index (χ4n) is 4.59. The number of amides is 2. The fourth-order valence-corrected chi connectivity index (χ4v) is 4.59. The third-order valence-electron chi connectivity index (χ3n) is 6.01. The largest absolute Gasteiger partial charge is 0.487 e. The van der Waals surface area contributed by atoms with Crippen molar-refractivity contribution in [2.24, 2.45) is 0 Å². The van der Waals surface area contributed by atoms with Crippen LogP contribution in [0.5, 0.6) is 5.75 Å². The van der Waals surface area contributed by atoms with E-state index >= 15 is 0 Å². The molecule has 3 heterocycles. The number of carbonyl (C=O) groups is 2. The summed E-state index contributed by atoms with van der Waals surface area (Å²) in [5, 5.41) is 12.8. The highest BCUT2D eigenvalue weighted by atomic mass is 16.6. The second kappa shape index (κ2) is 9.52. The number of benzene rings is 1. The summed E-state index contributed by atoms with van der Waals surface area (Å²) in [5.41, 5.74) is 1.70. The van der Waals surface area contributed by atoms with Gasteiger partial charge in [0.05, 0.1) is 38.9 Å². The second-order valence-electron chi connectivity index (χ2n) is 8.64. The van der Waals surface area contributed by atoms with Crippen molar-refractivity contribution in [3.63, 3.8) is 0 Å². The highest BCUT2D eigenvalue weighted by Gasteiger charge is 2.46. The van der Waals surface area contributed by atoms with Gasteiger partial charge in [0.1, 0.15) is 18.0 Å². The Labute approximate surface area is 182 Å². The van der Waals surface area contributed by atoms with Gasteiger partial charge >= 0.3 is 0 Å². The van der Waals surface area contributed by atoms with Gasteiger partial charge in [-0.2, -0.15) is 0 Å². The van der Waals surface area contributed by atoms with E-state index in [1.807, 2.05) is 42.1 Å². The Balaban J connectivity index is 1.47. The Morgan fingerprint density at radius 3 is 2.74 bits per heavy atom. The van der Waals surface area contributed by atoms with Gasteiger partial charge in [0, 0.05) is 30.3 Å². The van der Waals surface area contributed by atoms with Crippen LogP contribution in [0.25, 0.3) is 0 Å². The van der Waals surface area contributed by atoms with Crippen LogP contribution in [0.15, 0.2) is 18.2 Å². The molecule has 2 fully saturated rings. The van der Waals surface area contributed by atoms with E-state index in [-0.39, 0.29) is 43.0 Å². The van der Waals surface area contributed by atoms with Crippen LogP contribution in [-0.4, -0.2) is 98.6 Å². The number of nitrogens with zero attached hydrogens (tertiary/aromatic N) is 2.